The van der Waals surface area contributed by atoms with Crippen LogP contribution in [0.4, 0.5) is 5.69 Å². The van der Waals surface area contributed by atoms with Crippen LogP contribution in [0.3, 0.4) is 0 Å². The highest BCUT2D eigenvalue weighted by Gasteiger charge is 2.27. The van der Waals surface area contributed by atoms with Gasteiger partial charge in [-0.2, -0.15) is 5.10 Å². The number of hydrogen-bond donors (Lipinski definition) is 2. The van der Waals surface area contributed by atoms with Crippen LogP contribution in [0.2, 0.25) is 0 Å². The molecule has 1 aliphatic heterocycles. The predicted molar refractivity (Wildman–Crippen MR) is 82.8 cm³/mol. The van der Waals surface area contributed by atoms with Crippen molar-refractivity contribution in [3.05, 3.63) is 42.0 Å². The SMILES string of the molecule is SC1NN=CN1c1ccc(C2CC2)c2ccccc12. The molecular formula is C15H15N3S. The van der Waals surface area contributed by atoms with Crippen LogP contribution < -0.4 is 10.3 Å². The number of hydrogen-bond acceptors (Lipinski definition) is 4. The molecule has 1 unspecified atom stereocenters. The van der Waals surface area contributed by atoms with Crippen molar-refractivity contribution in [2.45, 2.75) is 24.3 Å². The lowest BCUT2D eigenvalue weighted by molar-refractivity contribution is 0.762. The van der Waals surface area contributed by atoms with E-state index in [0.717, 1.165) is 11.6 Å². The van der Waals surface area contributed by atoms with E-state index in [2.05, 4.69) is 64.5 Å². The Labute approximate surface area is 117 Å². The average molecular weight is 269 g/mol. The largest absolute Gasteiger partial charge is 0.299 e. The second-order valence-electron chi connectivity index (χ2n) is 5.15. The molecule has 1 N–H and O–H groups in total. The molecule has 1 heterocycles. The lowest BCUT2D eigenvalue weighted by Gasteiger charge is -2.22. The molecule has 0 saturated heterocycles. The highest BCUT2D eigenvalue weighted by molar-refractivity contribution is 7.81. The van der Waals surface area contributed by atoms with Crippen LogP contribution in [0.15, 0.2) is 41.5 Å². The van der Waals surface area contributed by atoms with Crippen LogP contribution in [0, 0.1) is 0 Å². The van der Waals surface area contributed by atoms with E-state index < -0.39 is 0 Å². The van der Waals surface area contributed by atoms with Crippen molar-refractivity contribution >= 4 is 35.4 Å². The molecule has 96 valence electrons. The van der Waals surface area contributed by atoms with Crippen molar-refractivity contribution in [1.82, 2.24) is 5.43 Å². The summed E-state index contributed by atoms with van der Waals surface area (Å²) in [5, 5.41) is 6.72. The number of benzene rings is 2. The quantitative estimate of drug-likeness (QED) is 0.819. The van der Waals surface area contributed by atoms with Gasteiger partial charge in [-0.15, -0.1) is 12.6 Å². The van der Waals surface area contributed by atoms with E-state index >= 15 is 0 Å². The molecule has 0 spiro atoms. The topological polar surface area (TPSA) is 27.6 Å². The Kier molecular flexibility index (Phi) is 2.45. The summed E-state index contributed by atoms with van der Waals surface area (Å²) in [6.07, 6.45) is 4.45. The third kappa shape index (κ3) is 1.78. The zero-order chi connectivity index (χ0) is 12.8. The Morgan fingerprint density at radius 2 is 1.89 bits per heavy atom. The van der Waals surface area contributed by atoms with Gasteiger partial charge < -0.3 is 0 Å². The van der Waals surface area contributed by atoms with Gasteiger partial charge in [-0.3, -0.25) is 10.3 Å². The van der Waals surface area contributed by atoms with Crippen LogP contribution in [0.25, 0.3) is 10.8 Å². The van der Waals surface area contributed by atoms with E-state index in [1.807, 2.05) is 0 Å². The van der Waals surface area contributed by atoms with Gasteiger partial charge in [0, 0.05) is 5.39 Å². The summed E-state index contributed by atoms with van der Waals surface area (Å²) in [6, 6.07) is 13.1. The van der Waals surface area contributed by atoms with E-state index in [0.29, 0.717) is 0 Å². The van der Waals surface area contributed by atoms with Gasteiger partial charge in [0.1, 0.15) is 6.34 Å². The molecule has 0 amide bonds. The minimum absolute atomic E-state index is 0.0878. The summed E-state index contributed by atoms with van der Waals surface area (Å²) in [7, 11) is 0. The third-order valence-electron chi connectivity index (χ3n) is 3.87. The van der Waals surface area contributed by atoms with Crippen LogP contribution >= 0.6 is 12.6 Å². The molecule has 1 aliphatic carbocycles. The summed E-state index contributed by atoms with van der Waals surface area (Å²) in [5.74, 6) is 0.760. The highest BCUT2D eigenvalue weighted by atomic mass is 32.1. The average Bonchev–Trinajstić information content (AvgIpc) is 3.20. The fourth-order valence-corrected chi connectivity index (χ4v) is 3.01. The van der Waals surface area contributed by atoms with E-state index in [-0.39, 0.29) is 5.50 Å². The number of nitrogens with zero attached hydrogens (tertiary/aromatic N) is 2. The maximum atomic E-state index is 4.49. The molecule has 2 aliphatic rings. The first-order chi connectivity index (χ1) is 9.34. The van der Waals surface area contributed by atoms with Crippen LogP contribution in [-0.2, 0) is 0 Å². The monoisotopic (exact) mass is 269 g/mol. The summed E-state index contributed by atoms with van der Waals surface area (Å²) in [4.78, 5) is 2.06. The molecule has 2 aromatic carbocycles. The molecule has 19 heavy (non-hydrogen) atoms. The Balaban J connectivity index is 1.92. The number of hydrazone groups is 1. The van der Waals surface area contributed by atoms with E-state index in [4.69, 9.17) is 0 Å². The van der Waals surface area contributed by atoms with Crippen molar-refractivity contribution in [2.75, 3.05) is 4.90 Å². The van der Waals surface area contributed by atoms with Gasteiger partial charge in [0.25, 0.3) is 0 Å². The van der Waals surface area contributed by atoms with Gasteiger partial charge in [0.2, 0.25) is 0 Å². The zero-order valence-corrected chi connectivity index (χ0v) is 11.3. The number of anilines is 1. The third-order valence-corrected chi connectivity index (χ3v) is 4.23. The second kappa shape index (κ2) is 4.17. The molecule has 1 atom stereocenters. The normalized spacial score (nSPS) is 21.9. The molecular weight excluding hydrogens is 254 g/mol. The number of nitrogens with one attached hydrogen (secondary N) is 1. The Morgan fingerprint density at radius 1 is 1.11 bits per heavy atom. The lowest BCUT2D eigenvalue weighted by Crippen LogP contribution is -2.31. The smallest absolute Gasteiger partial charge is 0.165 e. The van der Waals surface area contributed by atoms with Gasteiger partial charge in [0.05, 0.1) is 5.69 Å². The molecule has 1 saturated carbocycles. The minimum Gasteiger partial charge on any atom is -0.299 e. The standard InChI is InChI=1S/C15H15N3S/c19-15-17-16-9-18(15)14-8-7-11(10-5-6-10)12-3-1-2-4-13(12)14/h1-4,7-10,15,17,19H,5-6H2. The summed E-state index contributed by atoms with van der Waals surface area (Å²) in [5.41, 5.74) is 5.50. The summed E-state index contributed by atoms with van der Waals surface area (Å²) in [6.45, 7) is 0. The zero-order valence-electron chi connectivity index (χ0n) is 10.5. The van der Waals surface area contributed by atoms with E-state index in [9.17, 15) is 0 Å². The molecule has 3 nitrogen and oxygen atoms in total. The molecule has 0 radical (unpaired) electrons. The van der Waals surface area contributed by atoms with Crippen molar-refractivity contribution in [2.24, 2.45) is 5.10 Å². The Bertz CT molecular complexity index is 663. The van der Waals surface area contributed by atoms with Gasteiger partial charge >= 0.3 is 0 Å². The van der Waals surface area contributed by atoms with Gasteiger partial charge in [-0.1, -0.05) is 30.3 Å². The van der Waals surface area contributed by atoms with Crippen molar-refractivity contribution in [3.8, 4) is 0 Å². The van der Waals surface area contributed by atoms with Crippen molar-refractivity contribution in [1.29, 1.82) is 0 Å². The van der Waals surface area contributed by atoms with Crippen LogP contribution in [0.5, 0.6) is 0 Å². The molecule has 4 rings (SSSR count). The first-order valence-corrected chi connectivity index (χ1v) is 7.13. The van der Waals surface area contributed by atoms with Crippen molar-refractivity contribution in [3.63, 3.8) is 0 Å². The van der Waals surface area contributed by atoms with Crippen LogP contribution in [0.1, 0.15) is 24.3 Å². The van der Waals surface area contributed by atoms with E-state index in [1.165, 1.54) is 29.2 Å². The maximum absolute atomic E-state index is 4.49. The van der Waals surface area contributed by atoms with Gasteiger partial charge in [-0.05, 0) is 35.8 Å². The fourth-order valence-electron chi connectivity index (χ4n) is 2.76. The summed E-state index contributed by atoms with van der Waals surface area (Å²) < 4.78 is 0. The number of fused-ring (bicyclic) bond motifs is 1. The van der Waals surface area contributed by atoms with Crippen LogP contribution in [-0.4, -0.2) is 11.8 Å². The molecule has 0 aromatic heterocycles. The summed E-state index contributed by atoms with van der Waals surface area (Å²) >= 11 is 4.49. The molecule has 0 bridgehead atoms. The van der Waals surface area contributed by atoms with E-state index in [1.54, 1.807) is 6.34 Å². The molecule has 2 aromatic rings. The first-order valence-electron chi connectivity index (χ1n) is 6.61. The highest BCUT2D eigenvalue weighted by Crippen LogP contribution is 2.44. The van der Waals surface area contributed by atoms with Gasteiger partial charge in [0.15, 0.2) is 5.50 Å². The minimum atomic E-state index is -0.0878. The predicted octanol–water partition coefficient (Wildman–Crippen LogP) is 3.28. The lowest BCUT2D eigenvalue weighted by atomic mass is 9.99. The fraction of sp³-hybridized carbons (Fsp3) is 0.267. The number of rotatable bonds is 2. The Morgan fingerprint density at radius 3 is 2.58 bits per heavy atom. The van der Waals surface area contributed by atoms with Crippen molar-refractivity contribution < 1.29 is 0 Å². The first kappa shape index (κ1) is 11.2. The maximum Gasteiger partial charge on any atom is 0.165 e. The molecule has 1 fully saturated rings. The Hall–Kier alpha value is -1.68. The van der Waals surface area contributed by atoms with Gasteiger partial charge in [-0.25, -0.2) is 0 Å². The second-order valence-corrected chi connectivity index (χ2v) is 5.64. The number of thiol groups is 1. The molecule has 4 heteroatoms.